The predicted molar refractivity (Wildman–Crippen MR) is 146 cm³/mol. The van der Waals surface area contributed by atoms with Crippen LogP contribution in [-0.2, 0) is 18.3 Å². The van der Waals surface area contributed by atoms with Crippen LogP contribution in [0.2, 0.25) is 0 Å². The number of methoxy groups -OCH3 is 1. The van der Waals surface area contributed by atoms with Gasteiger partial charge in [-0.1, -0.05) is 0 Å². The standard InChI is InChI=1S/C29H33N5O3/c1-18-12-23-26(32(3)29(18)36)15-22(37-4)16-27(23)34-9-5-6-20-13-24(21(17-30)14-25(20)34)33-10-7-19(8-11-33)28(35)31-2/h12-16,19H,5-11H2,1-4H3,(H,31,35). The van der Waals surface area contributed by atoms with Crippen LogP contribution in [0.25, 0.3) is 10.9 Å². The van der Waals surface area contributed by atoms with E-state index in [1.54, 1.807) is 25.8 Å². The lowest BCUT2D eigenvalue weighted by molar-refractivity contribution is -0.125. The van der Waals surface area contributed by atoms with Gasteiger partial charge in [0.05, 0.1) is 29.6 Å². The quantitative estimate of drug-likeness (QED) is 0.588. The summed E-state index contributed by atoms with van der Waals surface area (Å²) in [4.78, 5) is 29.2. The highest BCUT2D eigenvalue weighted by Crippen LogP contribution is 2.42. The zero-order chi connectivity index (χ0) is 26.3. The molecule has 1 amide bonds. The van der Waals surface area contributed by atoms with Crippen LogP contribution in [-0.4, -0.2) is 44.3 Å². The maximum Gasteiger partial charge on any atom is 0.253 e. The molecule has 3 heterocycles. The van der Waals surface area contributed by atoms with Crippen molar-refractivity contribution in [3.05, 3.63) is 57.4 Å². The van der Waals surface area contributed by atoms with Crippen molar-refractivity contribution >= 4 is 33.9 Å². The Balaban J connectivity index is 1.59. The number of aryl methyl sites for hydroxylation is 3. The van der Waals surface area contributed by atoms with Crippen LogP contribution < -0.4 is 25.4 Å². The molecule has 2 aliphatic heterocycles. The van der Waals surface area contributed by atoms with Crippen molar-refractivity contribution in [2.24, 2.45) is 13.0 Å². The topological polar surface area (TPSA) is 90.6 Å². The van der Waals surface area contributed by atoms with Crippen molar-refractivity contribution in [3.63, 3.8) is 0 Å². The molecule has 3 aromatic rings. The van der Waals surface area contributed by atoms with Gasteiger partial charge in [-0.25, -0.2) is 0 Å². The van der Waals surface area contributed by atoms with E-state index in [1.807, 2.05) is 31.2 Å². The van der Waals surface area contributed by atoms with Gasteiger partial charge in [0, 0.05) is 68.4 Å². The van der Waals surface area contributed by atoms with Crippen LogP contribution in [0.5, 0.6) is 5.75 Å². The Hall–Kier alpha value is -3.99. The number of ether oxygens (including phenoxy) is 1. The number of benzene rings is 2. The molecular weight excluding hydrogens is 466 g/mol. The van der Waals surface area contributed by atoms with Crippen molar-refractivity contribution in [2.45, 2.75) is 32.6 Å². The Morgan fingerprint density at radius 1 is 1.08 bits per heavy atom. The van der Waals surface area contributed by atoms with Crippen molar-refractivity contribution in [1.82, 2.24) is 9.88 Å². The summed E-state index contributed by atoms with van der Waals surface area (Å²) in [5.41, 5.74) is 6.26. The summed E-state index contributed by atoms with van der Waals surface area (Å²) in [7, 11) is 5.11. The van der Waals surface area contributed by atoms with Crippen LogP contribution in [0.1, 0.15) is 36.0 Å². The summed E-state index contributed by atoms with van der Waals surface area (Å²) in [6.45, 7) is 4.15. The van der Waals surface area contributed by atoms with E-state index in [4.69, 9.17) is 4.74 Å². The van der Waals surface area contributed by atoms with Gasteiger partial charge in [0.15, 0.2) is 0 Å². The maximum atomic E-state index is 12.7. The predicted octanol–water partition coefficient (Wildman–Crippen LogP) is 3.77. The second kappa shape index (κ2) is 9.81. The Bertz CT molecular complexity index is 1480. The first-order valence-corrected chi connectivity index (χ1v) is 12.9. The fraction of sp³-hybridized carbons (Fsp3) is 0.414. The molecule has 1 saturated heterocycles. The number of amides is 1. The number of piperidine rings is 1. The molecule has 0 atom stereocenters. The maximum absolute atomic E-state index is 12.7. The summed E-state index contributed by atoms with van der Waals surface area (Å²) in [5.74, 6) is 0.810. The monoisotopic (exact) mass is 499 g/mol. The number of pyridine rings is 1. The molecule has 0 saturated carbocycles. The van der Waals surface area contributed by atoms with Crippen LogP contribution in [0.4, 0.5) is 17.1 Å². The van der Waals surface area contributed by atoms with Gasteiger partial charge in [0.25, 0.3) is 5.56 Å². The second-order valence-corrected chi connectivity index (χ2v) is 10.0. The van der Waals surface area contributed by atoms with Crippen LogP contribution in [0.3, 0.4) is 0 Å². The fourth-order valence-electron chi connectivity index (χ4n) is 5.82. The summed E-state index contributed by atoms with van der Waals surface area (Å²) in [6, 6.07) is 12.5. The molecule has 8 nitrogen and oxygen atoms in total. The van der Waals surface area contributed by atoms with Gasteiger partial charge in [-0.3, -0.25) is 9.59 Å². The van der Waals surface area contributed by atoms with Gasteiger partial charge < -0.3 is 24.4 Å². The van der Waals surface area contributed by atoms with E-state index in [1.165, 1.54) is 5.56 Å². The van der Waals surface area contributed by atoms with Crippen molar-refractivity contribution < 1.29 is 9.53 Å². The average Bonchev–Trinajstić information content (AvgIpc) is 2.94. The fourth-order valence-corrected chi connectivity index (χ4v) is 5.82. The molecule has 0 bridgehead atoms. The minimum Gasteiger partial charge on any atom is -0.497 e. The minimum absolute atomic E-state index is 0.0256. The second-order valence-electron chi connectivity index (χ2n) is 10.0. The van der Waals surface area contributed by atoms with Gasteiger partial charge >= 0.3 is 0 Å². The number of carbonyl (C=O) groups is 1. The Morgan fingerprint density at radius 3 is 2.51 bits per heavy atom. The van der Waals surface area contributed by atoms with Crippen molar-refractivity contribution in [2.75, 3.05) is 43.6 Å². The third kappa shape index (κ3) is 4.29. The van der Waals surface area contributed by atoms with Crippen molar-refractivity contribution in [3.8, 4) is 11.8 Å². The molecular formula is C29H33N5O3. The molecule has 37 heavy (non-hydrogen) atoms. The van der Waals surface area contributed by atoms with Crippen LogP contribution >= 0.6 is 0 Å². The number of rotatable bonds is 4. The molecule has 2 aliphatic rings. The van der Waals surface area contributed by atoms with E-state index >= 15 is 0 Å². The number of nitrogens with zero attached hydrogens (tertiary/aromatic N) is 4. The normalized spacial score (nSPS) is 15.9. The Labute approximate surface area is 217 Å². The zero-order valence-electron chi connectivity index (χ0n) is 21.9. The van der Waals surface area contributed by atoms with E-state index < -0.39 is 0 Å². The van der Waals surface area contributed by atoms with E-state index in [0.717, 1.165) is 73.3 Å². The largest absolute Gasteiger partial charge is 0.497 e. The molecule has 5 rings (SSSR count). The zero-order valence-corrected chi connectivity index (χ0v) is 21.9. The summed E-state index contributed by atoms with van der Waals surface area (Å²) < 4.78 is 7.29. The highest BCUT2D eigenvalue weighted by Gasteiger charge is 2.28. The minimum atomic E-state index is -0.0256. The van der Waals surface area contributed by atoms with E-state index in [9.17, 15) is 14.9 Å². The van der Waals surface area contributed by atoms with Gasteiger partial charge in [-0.15, -0.1) is 0 Å². The highest BCUT2D eigenvalue weighted by molar-refractivity contribution is 5.97. The van der Waals surface area contributed by atoms with Gasteiger partial charge in [0.1, 0.15) is 11.8 Å². The lowest BCUT2D eigenvalue weighted by Gasteiger charge is -2.36. The highest BCUT2D eigenvalue weighted by atomic mass is 16.5. The van der Waals surface area contributed by atoms with Gasteiger partial charge in [0.2, 0.25) is 5.91 Å². The molecule has 1 N–H and O–H groups in total. The summed E-state index contributed by atoms with van der Waals surface area (Å²) in [5, 5.41) is 13.9. The SMILES string of the molecule is CNC(=O)C1CCN(c2cc3c(cc2C#N)N(c2cc(OC)cc4c2cc(C)c(=O)n4C)CCC3)CC1. The van der Waals surface area contributed by atoms with Crippen molar-refractivity contribution in [1.29, 1.82) is 5.26 Å². The van der Waals surface area contributed by atoms with Gasteiger partial charge in [-0.05, 0) is 56.4 Å². The molecule has 0 aliphatic carbocycles. The third-order valence-electron chi connectivity index (χ3n) is 7.89. The number of nitriles is 1. The number of fused-ring (bicyclic) bond motifs is 2. The van der Waals surface area contributed by atoms with E-state index in [-0.39, 0.29) is 17.4 Å². The molecule has 2 aromatic carbocycles. The number of anilines is 3. The van der Waals surface area contributed by atoms with Gasteiger partial charge in [-0.2, -0.15) is 5.26 Å². The first-order valence-electron chi connectivity index (χ1n) is 12.9. The van der Waals surface area contributed by atoms with E-state index in [2.05, 4.69) is 27.3 Å². The molecule has 1 aromatic heterocycles. The first kappa shape index (κ1) is 24.7. The molecule has 0 radical (unpaired) electrons. The molecule has 192 valence electrons. The number of hydrogen-bond donors (Lipinski definition) is 1. The first-order chi connectivity index (χ1) is 17.9. The third-order valence-corrected chi connectivity index (χ3v) is 7.89. The number of carbonyl (C=O) groups excluding carboxylic acids is 1. The lowest BCUT2D eigenvalue weighted by atomic mass is 9.93. The number of aromatic nitrogens is 1. The average molecular weight is 500 g/mol. The van der Waals surface area contributed by atoms with E-state index in [0.29, 0.717) is 16.9 Å². The smallest absolute Gasteiger partial charge is 0.253 e. The lowest BCUT2D eigenvalue weighted by Crippen LogP contribution is -2.40. The van der Waals surface area contributed by atoms with Crippen LogP contribution in [0.15, 0.2) is 35.1 Å². The van der Waals surface area contributed by atoms with Crippen LogP contribution in [0, 0.1) is 24.2 Å². The molecule has 1 fully saturated rings. The molecule has 0 spiro atoms. The number of nitrogens with one attached hydrogen (secondary N) is 1. The number of hydrogen-bond acceptors (Lipinski definition) is 6. The summed E-state index contributed by atoms with van der Waals surface area (Å²) in [6.07, 6.45) is 3.46. The Kier molecular flexibility index (Phi) is 6.55. The summed E-state index contributed by atoms with van der Waals surface area (Å²) >= 11 is 0. The molecule has 0 unspecified atom stereocenters. The Morgan fingerprint density at radius 2 is 1.84 bits per heavy atom. The molecule has 8 heteroatoms.